The van der Waals surface area contributed by atoms with Crippen LogP contribution >= 0.6 is 0 Å². The lowest BCUT2D eigenvalue weighted by Crippen LogP contribution is -2.32. The third kappa shape index (κ3) is 3.17. The van der Waals surface area contributed by atoms with Gasteiger partial charge in [0.15, 0.2) is 0 Å². The van der Waals surface area contributed by atoms with Crippen molar-refractivity contribution in [2.24, 2.45) is 0 Å². The maximum absolute atomic E-state index is 12.8. The van der Waals surface area contributed by atoms with Gasteiger partial charge in [-0.3, -0.25) is 14.5 Å². The van der Waals surface area contributed by atoms with E-state index in [9.17, 15) is 9.59 Å². The summed E-state index contributed by atoms with van der Waals surface area (Å²) in [6.07, 6.45) is 1.53. The molecule has 1 heterocycles. The van der Waals surface area contributed by atoms with Gasteiger partial charge in [0, 0.05) is 18.3 Å². The molecule has 0 aromatic heterocycles. The number of nitrogens with one attached hydrogen (secondary N) is 1. The van der Waals surface area contributed by atoms with E-state index < -0.39 is 0 Å². The maximum Gasteiger partial charge on any atom is 0.278 e. The lowest BCUT2D eigenvalue weighted by molar-refractivity contribution is -0.136. The Balaban J connectivity index is 2.06. The zero-order valence-electron chi connectivity index (χ0n) is 13.9. The molecule has 5 nitrogen and oxygen atoms in total. The van der Waals surface area contributed by atoms with Gasteiger partial charge in [-0.05, 0) is 17.7 Å². The fourth-order valence-corrected chi connectivity index (χ4v) is 2.70. The van der Waals surface area contributed by atoms with Crippen molar-refractivity contribution in [2.75, 3.05) is 19.0 Å². The first kappa shape index (κ1) is 16.5. The Kier molecular flexibility index (Phi) is 4.66. The van der Waals surface area contributed by atoms with Gasteiger partial charge in [0.25, 0.3) is 11.8 Å². The summed E-state index contributed by atoms with van der Waals surface area (Å²) in [6.45, 7) is 3.78. The normalized spacial score (nSPS) is 14.0. The van der Waals surface area contributed by atoms with Crippen LogP contribution in [0.25, 0.3) is 5.57 Å². The van der Waals surface area contributed by atoms with Crippen molar-refractivity contribution in [3.8, 4) is 5.75 Å². The minimum absolute atomic E-state index is 0.164. The van der Waals surface area contributed by atoms with Gasteiger partial charge in [0.1, 0.15) is 11.4 Å². The van der Waals surface area contributed by atoms with E-state index in [2.05, 4.69) is 11.9 Å². The second-order valence-electron chi connectivity index (χ2n) is 5.48. The Bertz CT molecular complexity index is 856. The van der Waals surface area contributed by atoms with Crippen LogP contribution < -0.4 is 10.1 Å². The molecular formula is C20H18N2O3. The summed E-state index contributed by atoms with van der Waals surface area (Å²) in [6, 6.07) is 16.3. The van der Waals surface area contributed by atoms with Gasteiger partial charge >= 0.3 is 0 Å². The van der Waals surface area contributed by atoms with Crippen LogP contribution in [0.3, 0.4) is 0 Å². The maximum atomic E-state index is 12.8. The van der Waals surface area contributed by atoms with Crippen molar-refractivity contribution in [3.05, 3.63) is 78.5 Å². The highest BCUT2D eigenvalue weighted by molar-refractivity contribution is 6.36. The number of carbonyl (C=O) groups excluding carboxylic acids is 2. The van der Waals surface area contributed by atoms with E-state index >= 15 is 0 Å². The van der Waals surface area contributed by atoms with Crippen molar-refractivity contribution in [2.45, 2.75) is 0 Å². The number of rotatable bonds is 6. The van der Waals surface area contributed by atoms with E-state index in [0.29, 0.717) is 22.6 Å². The average molecular weight is 334 g/mol. The minimum Gasteiger partial charge on any atom is -0.497 e. The summed E-state index contributed by atoms with van der Waals surface area (Å²) in [5.74, 6) is -0.0420. The van der Waals surface area contributed by atoms with E-state index in [1.165, 1.54) is 11.0 Å². The molecule has 1 aliphatic heterocycles. The Morgan fingerprint density at radius 2 is 1.84 bits per heavy atom. The lowest BCUT2D eigenvalue weighted by atomic mass is 10.0. The van der Waals surface area contributed by atoms with Gasteiger partial charge in [-0.25, -0.2) is 0 Å². The molecule has 0 radical (unpaired) electrons. The Labute approximate surface area is 146 Å². The summed E-state index contributed by atoms with van der Waals surface area (Å²) in [5, 5.41) is 3.09. The highest BCUT2D eigenvalue weighted by Crippen LogP contribution is 2.31. The van der Waals surface area contributed by atoms with Crippen molar-refractivity contribution in [3.63, 3.8) is 0 Å². The molecule has 0 bridgehead atoms. The fraction of sp³-hybridized carbons (Fsp3) is 0.100. The third-order valence-corrected chi connectivity index (χ3v) is 3.88. The molecule has 2 aromatic rings. The van der Waals surface area contributed by atoms with Crippen LogP contribution in [0, 0.1) is 0 Å². The predicted molar refractivity (Wildman–Crippen MR) is 96.9 cm³/mol. The SMILES string of the molecule is C=CCN1C(=O)C(Nc2cccc(OC)c2)=C(c2ccccc2)C1=O. The molecule has 1 N–H and O–H groups in total. The van der Waals surface area contributed by atoms with Crippen LogP contribution in [-0.4, -0.2) is 30.4 Å². The molecule has 0 saturated carbocycles. The van der Waals surface area contributed by atoms with E-state index in [1.807, 2.05) is 48.5 Å². The smallest absolute Gasteiger partial charge is 0.278 e. The zero-order valence-corrected chi connectivity index (χ0v) is 13.9. The topological polar surface area (TPSA) is 58.6 Å². The largest absolute Gasteiger partial charge is 0.497 e. The van der Waals surface area contributed by atoms with Gasteiger partial charge < -0.3 is 10.1 Å². The first-order chi connectivity index (χ1) is 12.2. The Morgan fingerprint density at radius 3 is 2.52 bits per heavy atom. The predicted octanol–water partition coefficient (Wildman–Crippen LogP) is 3.07. The second-order valence-corrected chi connectivity index (χ2v) is 5.48. The van der Waals surface area contributed by atoms with E-state index in [4.69, 9.17) is 4.74 Å². The summed E-state index contributed by atoms with van der Waals surface area (Å²) in [7, 11) is 1.57. The van der Waals surface area contributed by atoms with Crippen molar-refractivity contribution in [1.82, 2.24) is 4.90 Å². The third-order valence-electron chi connectivity index (χ3n) is 3.88. The van der Waals surface area contributed by atoms with Gasteiger partial charge in [-0.1, -0.05) is 42.5 Å². The number of methoxy groups -OCH3 is 1. The van der Waals surface area contributed by atoms with Crippen molar-refractivity contribution < 1.29 is 14.3 Å². The molecule has 1 aliphatic rings. The molecule has 5 heteroatoms. The van der Waals surface area contributed by atoms with Crippen LogP contribution in [0.4, 0.5) is 5.69 Å². The zero-order chi connectivity index (χ0) is 17.8. The molecule has 3 rings (SSSR count). The molecule has 2 aromatic carbocycles. The molecule has 0 aliphatic carbocycles. The number of nitrogens with zero attached hydrogens (tertiary/aromatic N) is 1. The molecule has 25 heavy (non-hydrogen) atoms. The van der Waals surface area contributed by atoms with E-state index in [-0.39, 0.29) is 24.1 Å². The first-order valence-corrected chi connectivity index (χ1v) is 7.83. The van der Waals surface area contributed by atoms with Gasteiger partial charge in [0.05, 0.1) is 12.7 Å². The minimum atomic E-state index is -0.369. The van der Waals surface area contributed by atoms with E-state index in [1.54, 1.807) is 13.2 Å². The summed E-state index contributed by atoms with van der Waals surface area (Å²) in [5.41, 5.74) is 1.98. The van der Waals surface area contributed by atoms with E-state index in [0.717, 1.165) is 0 Å². The molecule has 0 atom stereocenters. The van der Waals surface area contributed by atoms with Crippen LogP contribution in [-0.2, 0) is 9.59 Å². The van der Waals surface area contributed by atoms with Crippen LogP contribution in [0.2, 0.25) is 0 Å². The Morgan fingerprint density at radius 1 is 1.08 bits per heavy atom. The van der Waals surface area contributed by atoms with Crippen LogP contribution in [0.5, 0.6) is 5.75 Å². The fourth-order valence-electron chi connectivity index (χ4n) is 2.70. The first-order valence-electron chi connectivity index (χ1n) is 7.83. The number of amides is 2. The Hall–Kier alpha value is -3.34. The van der Waals surface area contributed by atoms with Gasteiger partial charge in [0.2, 0.25) is 0 Å². The lowest BCUT2D eigenvalue weighted by Gasteiger charge is -2.12. The average Bonchev–Trinajstić information content (AvgIpc) is 2.87. The number of hydrogen-bond acceptors (Lipinski definition) is 4. The van der Waals surface area contributed by atoms with Gasteiger partial charge in [-0.15, -0.1) is 6.58 Å². The molecule has 0 spiro atoms. The molecule has 0 unspecified atom stereocenters. The van der Waals surface area contributed by atoms with Crippen LogP contribution in [0.15, 0.2) is 72.9 Å². The molecular weight excluding hydrogens is 316 g/mol. The van der Waals surface area contributed by atoms with Crippen molar-refractivity contribution >= 4 is 23.1 Å². The van der Waals surface area contributed by atoms with Crippen molar-refractivity contribution in [1.29, 1.82) is 0 Å². The second kappa shape index (κ2) is 7.05. The number of carbonyl (C=O) groups is 2. The number of imide groups is 1. The van der Waals surface area contributed by atoms with Crippen LogP contribution in [0.1, 0.15) is 5.56 Å². The summed E-state index contributed by atoms with van der Waals surface area (Å²) < 4.78 is 5.21. The summed E-state index contributed by atoms with van der Waals surface area (Å²) in [4.78, 5) is 26.7. The quantitative estimate of drug-likeness (QED) is 0.651. The standard InChI is InChI=1S/C20H18N2O3/c1-3-12-22-19(23)17(14-8-5-4-6-9-14)18(20(22)24)21-15-10-7-11-16(13-15)25-2/h3-11,13,21H,1,12H2,2H3. The number of ether oxygens (including phenoxy) is 1. The monoisotopic (exact) mass is 334 g/mol. The number of benzene rings is 2. The molecule has 0 fully saturated rings. The van der Waals surface area contributed by atoms with Gasteiger partial charge in [-0.2, -0.15) is 0 Å². The highest BCUT2D eigenvalue weighted by atomic mass is 16.5. The molecule has 0 saturated heterocycles. The highest BCUT2D eigenvalue weighted by Gasteiger charge is 2.38. The molecule has 2 amide bonds. The molecule has 126 valence electrons. The number of anilines is 1. The number of hydrogen-bond donors (Lipinski definition) is 1. The summed E-state index contributed by atoms with van der Waals surface area (Å²) >= 11 is 0.